The van der Waals surface area contributed by atoms with Crippen LogP contribution in [-0.4, -0.2) is 12.8 Å². The van der Waals surface area contributed by atoms with Crippen molar-refractivity contribution < 1.29 is 0 Å². The van der Waals surface area contributed by atoms with Crippen molar-refractivity contribution in [3.05, 3.63) is 0 Å². The van der Waals surface area contributed by atoms with Crippen LogP contribution in [0.15, 0.2) is 0 Å². The lowest BCUT2D eigenvalue weighted by Gasteiger charge is -1.60. The second kappa shape index (κ2) is 3.43. The van der Waals surface area contributed by atoms with Gasteiger partial charge in [0.1, 0.15) is 0 Å². The van der Waals surface area contributed by atoms with E-state index in [0.29, 0.717) is 0 Å². The Hall–Kier alpha value is 0.430. The Balaban J connectivity index is 1.97. The average molecular weight is 77.1 g/mol. The molecule has 0 N–H and O–H groups in total. The van der Waals surface area contributed by atoms with Crippen LogP contribution in [0.1, 0.15) is 6.92 Å². The van der Waals surface area contributed by atoms with E-state index in [1.54, 1.807) is 0 Å². The summed E-state index contributed by atoms with van der Waals surface area (Å²) in [6.45, 7) is 4.48. The summed E-state index contributed by atoms with van der Waals surface area (Å²) in [6, 6.07) is 0. The molecule has 0 spiro atoms. The first-order valence-electron chi connectivity index (χ1n) is 1.69. The van der Waals surface area contributed by atoms with Crippen molar-refractivity contribution in [2.45, 2.75) is 6.92 Å². The highest BCUT2D eigenvalue weighted by molar-refractivity contribution is 7.36. The van der Waals surface area contributed by atoms with Gasteiger partial charge in [-0.1, -0.05) is 0 Å². The van der Waals surface area contributed by atoms with Gasteiger partial charge in [0.05, 0.1) is 6.16 Å². The molecule has 1 heteroatoms. The van der Waals surface area contributed by atoms with Gasteiger partial charge in [-0.3, -0.25) is 0 Å². The molecule has 0 aliphatic carbocycles. The van der Waals surface area contributed by atoms with Crippen LogP contribution in [0.25, 0.3) is 0 Å². The van der Waals surface area contributed by atoms with Crippen molar-refractivity contribution in [2.75, 3.05) is 12.8 Å². The van der Waals surface area contributed by atoms with Crippen LogP contribution in [-0.2, 0) is 0 Å². The molecule has 0 aromatic rings. The van der Waals surface area contributed by atoms with Crippen LogP contribution >= 0.6 is 8.58 Å². The van der Waals surface area contributed by atoms with E-state index in [-0.39, 0.29) is 0 Å². The lowest BCUT2D eigenvalue weighted by Crippen LogP contribution is -1.47. The third kappa shape index (κ3) is 2.43. The summed E-state index contributed by atoms with van der Waals surface area (Å²) >= 11 is 0. The summed E-state index contributed by atoms with van der Waals surface area (Å²) in [5.41, 5.74) is 0. The van der Waals surface area contributed by atoms with Crippen LogP contribution in [0.2, 0.25) is 0 Å². The van der Waals surface area contributed by atoms with Gasteiger partial charge >= 0.3 is 0 Å². The zero-order chi connectivity index (χ0) is 3.41. The number of rotatable bonds is 1. The molecule has 0 saturated heterocycles. The van der Waals surface area contributed by atoms with Gasteiger partial charge in [-0.2, -0.15) is 0 Å². The van der Waals surface area contributed by atoms with Crippen LogP contribution in [0.4, 0.5) is 0 Å². The van der Waals surface area contributed by atoms with Gasteiger partial charge in [0, 0.05) is 6.66 Å². The maximum atomic E-state index is 2.26. The van der Waals surface area contributed by atoms with Crippen LogP contribution in [0, 0.1) is 0 Å². The molecule has 0 radical (unpaired) electrons. The van der Waals surface area contributed by atoms with E-state index in [9.17, 15) is 0 Å². The third-order valence-electron chi connectivity index (χ3n) is 0.408. The zero-order valence-electron chi connectivity index (χ0n) is 3.28. The first-order valence-corrected chi connectivity index (χ1v) is 3.66. The molecule has 0 aromatic carbocycles. The second-order valence-corrected chi connectivity index (χ2v) is 2.45. The highest BCUT2D eigenvalue weighted by Crippen LogP contribution is 1.95. The molecule has 4 heavy (non-hydrogen) atoms. The predicted molar refractivity (Wildman–Crippen MR) is 26.2 cm³/mol. The van der Waals surface area contributed by atoms with E-state index in [1.807, 2.05) is 0 Å². The van der Waals surface area contributed by atoms with Crippen LogP contribution in [0.3, 0.4) is 0 Å². The van der Waals surface area contributed by atoms with E-state index in [4.69, 9.17) is 0 Å². The van der Waals surface area contributed by atoms with E-state index < -0.39 is 0 Å². The lowest BCUT2D eigenvalue weighted by atomic mass is 11.0. The topological polar surface area (TPSA) is 0 Å². The minimum Gasteiger partial charge on any atom is -0.0314 e. The minimum absolute atomic E-state index is 0.782. The van der Waals surface area contributed by atoms with Crippen molar-refractivity contribution in [2.24, 2.45) is 0 Å². The normalized spacial score (nSPS) is 10.5. The fraction of sp³-hybridized carbons (Fsp3) is 1.00. The molecule has 26 valence electrons. The molecular formula is C3H10P+. The summed E-state index contributed by atoms with van der Waals surface area (Å²) in [4.78, 5) is 0. The smallest absolute Gasteiger partial charge is 0.0314 e. The molecule has 1 unspecified atom stereocenters. The largest absolute Gasteiger partial charge is 0.0518 e. The summed E-state index contributed by atoms with van der Waals surface area (Å²) in [7, 11) is 0.782. The van der Waals surface area contributed by atoms with E-state index in [0.717, 1.165) is 8.58 Å². The van der Waals surface area contributed by atoms with Gasteiger partial charge in [-0.15, -0.1) is 0 Å². The van der Waals surface area contributed by atoms with Crippen LogP contribution < -0.4 is 0 Å². The Morgan fingerprint density at radius 1 is 1.75 bits per heavy atom. The molecule has 0 aliphatic rings. The molecule has 0 bridgehead atoms. The predicted octanol–water partition coefficient (Wildman–Crippen LogP) is 1.05. The standard InChI is InChI=1S/C3H9P/c1-3-4-2/h4H,3H2,1-2H3/p+1. The molecule has 0 fully saturated rings. The SMILES string of the molecule is CC[PH2+]C. The maximum Gasteiger partial charge on any atom is 0.0518 e. The van der Waals surface area contributed by atoms with E-state index in [2.05, 4.69) is 13.6 Å². The molecule has 1 atom stereocenters. The van der Waals surface area contributed by atoms with Crippen LogP contribution in [0.5, 0.6) is 0 Å². The van der Waals surface area contributed by atoms with Gasteiger partial charge in [0.2, 0.25) is 0 Å². The van der Waals surface area contributed by atoms with Crippen molar-refractivity contribution in [3.63, 3.8) is 0 Å². The molecule has 0 aliphatic heterocycles. The average Bonchev–Trinajstić information content (AvgIpc) is 1.37. The highest BCUT2D eigenvalue weighted by atomic mass is 31.1. The molecule has 0 aromatic heterocycles. The summed E-state index contributed by atoms with van der Waals surface area (Å²) in [5, 5.41) is 0. The van der Waals surface area contributed by atoms with Gasteiger partial charge in [-0.25, -0.2) is 0 Å². The fourth-order valence-electron chi connectivity index (χ4n) is 0. The summed E-state index contributed by atoms with van der Waals surface area (Å²) < 4.78 is 0. The van der Waals surface area contributed by atoms with Crippen molar-refractivity contribution in [3.8, 4) is 0 Å². The Bertz CT molecular complexity index is 5.25. The zero-order valence-corrected chi connectivity index (χ0v) is 4.44. The van der Waals surface area contributed by atoms with Gasteiger partial charge < -0.3 is 0 Å². The number of hydrogen-bond acceptors (Lipinski definition) is 0. The monoisotopic (exact) mass is 77.1 g/mol. The Kier molecular flexibility index (Phi) is 3.80. The van der Waals surface area contributed by atoms with Crippen molar-refractivity contribution in [1.82, 2.24) is 0 Å². The maximum absolute atomic E-state index is 2.26. The highest BCUT2D eigenvalue weighted by Gasteiger charge is 1.63. The molecule has 0 amide bonds. The van der Waals surface area contributed by atoms with Gasteiger partial charge in [0.15, 0.2) is 0 Å². The quantitative estimate of drug-likeness (QED) is 0.410. The second-order valence-electron chi connectivity index (χ2n) is 0.816. The van der Waals surface area contributed by atoms with Crippen molar-refractivity contribution >= 4 is 8.58 Å². The molecule has 0 saturated carbocycles. The first-order chi connectivity index (χ1) is 1.91. The molecule has 0 nitrogen and oxygen atoms in total. The lowest BCUT2D eigenvalue weighted by molar-refractivity contribution is 1.52. The minimum atomic E-state index is 0.782. The Labute approximate surface area is 29.4 Å². The van der Waals surface area contributed by atoms with E-state index >= 15 is 0 Å². The van der Waals surface area contributed by atoms with E-state index in [1.165, 1.54) is 6.16 Å². The van der Waals surface area contributed by atoms with Crippen molar-refractivity contribution in [1.29, 1.82) is 0 Å². The molecule has 0 heterocycles. The van der Waals surface area contributed by atoms with Gasteiger partial charge in [-0.05, 0) is 15.5 Å². The fourth-order valence-corrected chi connectivity index (χ4v) is 0. The summed E-state index contributed by atoms with van der Waals surface area (Å²) in [5.74, 6) is 0. The molecular weight excluding hydrogens is 67.0 g/mol. The first kappa shape index (κ1) is 4.43. The molecule has 0 rings (SSSR count). The summed E-state index contributed by atoms with van der Waals surface area (Å²) in [6.07, 6.45) is 1.40. The van der Waals surface area contributed by atoms with Gasteiger partial charge in [0.25, 0.3) is 0 Å². The Morgan fingerprint density at radius 2 is 2.00 bits per heavy atom. The third-order valence-corrected chi connectivity index (χ3v) is 1.22. The number of hydrogen-bond donors (Lipinski definition) is 0. The Morgan fingerprint density at radius 3 is 2.00 bits per heavy atom.